The van der Waals surface area contributed by atoms with E-state index in [9.17, 15) is 15.0 Å². The van der Waals surface area contributed by atoms with Gasteiger partial charge in [0.2, 0.25) is 5.91 Å². The van der Waals surface area contributed by atoms with Gasteiger partial charge in [0.25, 0.3) is 0 Å². The van der Waals surface area contributed by atoms with E-state index in [2.05, 4.69) is 13.8 Å². The van der Waals surface area contributed by atoms with E-state index in [1.165, 1.54) is 205 Å². The molecule has 0 aromatic heterocycles. The van der Waals surface area contributed by atoms with Crippen molar-refractivity contribution in [3.8, 4) is 0 Å². The molecule has 2 unspecified atom stereocenters. The number of ether oxygens (including phenoxy) is 1. The summed E-state index contributed by atoms with van der Waals surface area (Å²) in [6.45, 7) is 5.59. The van der Waals surface area contributed by atoms with Crippen LogP contribution in [0.1, 0.15) is 245 Å². The summed E-state index contributed by atoms with van der Waals surface area (Å²) in [5.74, 6) is 0.254. The lowest BCUT2D eigenvalue weighted by molar-refractivity contribution is -0.128. The van der Waals surface area contributed by atoms with Crippen molar-refractivity contribution in [2.45, 2.75) is 250 Å². The number of rotatable bonds is 40. The van der Waals surface area contributed by atoms with Gasteiger partial charge in [-0.05, 0) is 12.8 Å². The molecule has 6 heteroatoms. The summed E-state index contributed by atoms with van der Waals surface area (Å²) in [7, 11) is -1.98. The molecule has 50 heavy (non-hydrogen) atoms. The van der Waals surface area contributed by atoms with Gasteiger partial charge in [0.05, 0.1) is 18.4 Å². The predicted octanol–water partition coefficient (Wildman–Crippen LogP) is 13.9. The molecule has 1 saturated heterocycles. The van der Waals surface area contributed by atoms with Gasteiger partial charge in [-0.2, -0.15) is 0 Å². The number of aliphatic hydroxyl groups excluding tert-OH is 2. The maximum atomic E-state index is 13.0. The Bertz CT molecular complexity index is 724. The Balaban J connectivity index is 1.93. The molecule has 1 heterocycles. The first-order valence-corrected chi connectivity index (χ1v) is 24.6. The van der Waals surface area contributed by atoms with Gasteiger partial charge in [-0.3, -0.25) is 9.10 Å². The molecule has 1 aliphatic rings. The van der Waals surface area contributed by atoms with Crippen molar-refractivity contribution in [3.63, 3.8) is 0 Å². The van der Waals surface area contributed by atoms with Gasteiger partial charge in [-0.1, -0.05) is 236 Å². The van der Waals surface area contributed by atoms with E-state index in [1.807, 2.05) is 0 Å². The third kappa shape index (κ3) is 24.9. The average Bonchev–Trinajstić information content (AvgIpc) is 3.12. The summed E-state index contributed by atoms with van der Waals surface area (Å²) in [6.07, 6.45) is 47.7. The maximum absolute atomic E-state index is 13.0. The summed E-state index contributed by atoms with van der Waals surface area (Å²) in [4.78, 5) is 13.0. The monoisotopic (exact) mass is 728 g/mol. The molecule has 0 saturated carbocycles. The zero-order valence-corrected chi connectivity index (χ0v) is 34.7. The van der Waals surface area contributed by atoms with Crippen LogP contribution in [0.25, 0.3) is 0 Å². The molecule has 300 valence electrons. The van der Waals surface area contributed by atoms with Crippen molar-refractivity contribution in [1.29, 1.82) is 0 Å². The fraction of sp³-hybridized carbons (Fsp3) is 0.977. The topological polar surface area (TPSA) is 70.0 Å². The predicted molar refractivity (Wildman–Crippen MR) is 221 cm³/mol. The Kier molecular flexibility index (Phi) is 34.1. The summed E-state index contributed by atoms with van der Waals surface area (Å²) in [6, 6.07) is 0. The number of nitrogens with zero attached hydrogens (tertiary/aromatic N) is 1. The van der Waals surface area contributed by atoms with Crippen molar-refractivity contribution in [2.75, 3.05) is 25.0 Å². The number of aliphatic hydroxyl groups is 2. The Hall–Kier alpha value is -0.300. The largest absolute Gasteiger partial charge is 0.385 e. The molecule has 0 bridgehead atoms. The summed E-state index contributed by atoms with van der Waals surface area (Å²) in [5, 5.41) is 20.8. The highest BCUT2D eigenvalue weighted by Crippen LogP contribution is 2.62. The van der Waals surface area contributed by atoms with Crippen LogP contribution >= 0.6 is 10.2 Å². The molecule has 2 atom stereocenters. The molecule has 2 N–H and O–H groups in total. The Morgan fingerprint density at radius 3 is 1.12 bits per heavy atom. The van der Waals surface area contributed by atoms with Gasteiger partial charge in [-0.25, -0.2) is 0 Å². The lowest BCUT2D eigenvalue weighted by Gasteiger charge is -2.59. The summed E-state index contributed by atoms with van der Waals surface area (Å²) in [5.41, 5.74) is -0.618. The van der Waals surface area contributed by atoms with Crippen molar-refractivity contribution < 1.29 is 19.7 Å². The number of amides is 1. The van der Waals surface area contributed by atoms with E-state index in [0.29, 0.717) is 25.5 Å². The zero-order chi connectivity index (χ0) is 36.2. The minimum absolute atomic E-state index is 0.0947. The number of β-amino-alcohol motifs (C(OH)–C–C–N with tert-alkyl or cyclic N) is 1. The second kappa shape index (κ2) is 35.7. The highest BCUT2D eigenvalue weighted by atomic mass is 32.3. The van der Waals surface area contributed by atoms with Gasteiger partial charge >= 0.3 is 0 Å². The number of hydrogen-bond acceptors (Lipinski definition) is 4. The van der Waals surface area contributed by atoms with Crippen LogP contribution in [-0.2, 0) is 9.53 Å². The van der Waals surface area contributed by atoms with Crippen LogP contribution in [-0.4, -0.2) is 50.9 Å². The molecule has 5 nitrogen and oxygen atoms in total. The second-order valence-corrected chi connectivity index (χ2v) is 19.2. The van der Waals surface area contributed by atoms with Gasteiger partial charge in [0.15, 0.2) is 0 Å². The lowest BCUT2D eigenvalue weighted by atomic mass is 10.0. The van der Waals surface area contributed by atoms with Crippen LogP contribution in [0.5, 0.6) is 0 Å². The standard InChI is InChI=1S/C44H89NO4S/c1-3-5-7-9-11-13-15-17-19-21-22-24-26-28-30-32-34-36-38-43(47)45-40-44(48)50(45,41-46)42-49-39-37-35-33-31-29-27-25-23-20-18-16-14-12-10-8-6-4-2/h44,46,48H,3-42H2,1-2H3. The number of carbonyl (C=O) groups excluding carboxylic acids is 1. The molecule has 0 aromatic carbocycles. The van der Waals surface area contributed by atoms with E-state index in [-0.39, 0.29) is 11.8 Å². The van der Waals surface area contributed by atoms with Crippen LogP contribution < -0.4 is 0 Å². The SMILES string of the molecule is CCCCCCCCCCCCCCCCCCCCC(=O)N1CC(O)S1(CO)COCCCCCCCCCCCCCCCCCCC. The molecule has 1 amide bonds. The molecule has 0 aromatic rings. The molecule has 0 spiro atoms. The third-order valence-corrected chi connectivity index (χ3v) is 14.6. The van der Waals surface area contributed by atoms with E-state index in [1.54, 1.807) is 4.31 Å². The van der Waals surface area contributed by atoms with Gasteiger partial charge in [0, 0.05) is 13.0 Å². The summed E-state index contributed by atoms with van der Waals surface area (Å²) >= 11 is 0. The van der Waals surface area contributed by atoms with Crippen molar-refractivity contribution in [1.82, 2.24) is 4.31 Å². The van der Waals surface area contributed by atoms with Crippen LogP contribution in [0, 0.1) is 0 Å². The lowest BCUT2D eigenvalue weighted by Crippen LogP contribution is -2.57. The Morgan fingerprint density at radius 2 is 0.820 bits per heavy atom. The van der Waals surface area contributed by atoms with E-state index >= 15 is 0 Å². The summed E-state index contributed by atoms with van der Waals surface area (Å²) < 4.78 is 7.75. The normalized spacial score (nSPS) is 18.7. The number of carbonyl (C=O) groups is 1. The number of unbranched alkanes of at least 4 members (excludes halogenated alkanes) is 33. The third-order valence-electron chi connectivity index (χ3n) is 11.2. The molecular weight excluding hydrogens is 639 g/mol. The highest BCUT2D eigenvalue weighted by molar-refractivity contribution is 8.33. The zero-order valence-electron chi connectivity index (χ0n) is 33.9. The first-order chi connectivity index (χ1) is 24.6. The smallest absolute Gasteiger partial charge is 0.231 e. The molecular formula is C44H89NO4S. The van der Waals surface area contributed by atoms with Crippen molar-refractivity contribution in [2.24, 2.45) is 0 Å². The fourth-order valence-corrected chi connectivity index (χ4v) is 10.0. The van der Waals surface area contributed by atoms with Crippen LogP contribution in [0.2, 0.25) is 0 Å². The van der Waals surface area contributed by atoms with Crippen molar-refractivity contribution in [3.05, 3.63) is 0 Å². The molecule has 1 rings (SSSR count). The van der Waals surface area contributed by atoms with Crippen LogP contribution in [0.3, 0.4) is 0 Å². The molecule has 1 fully saturated rings. The van der Waals surface area contributed by atoms with E-state index in [4.69, 9.17) is 4.74 Å². The average molecular weight is 728 g/mol. The van der Waals surface area contributed by atoms with E-state index < -0.39 is 15.7 Å². The molecule has 0 radical (unpaired) electrons. The Morgan fingerprint density at radius 1 is 0.520 bits per heavy atom. The van der Waals surface area contributed by atoms with Gasteiger partial charge in [-0.15, -0.1) is 0 Å². The first kappa shape index (κ1) is 47.7. The first-order valence-electron chi connectivity index (χ1n) is 22.6. The van der Waals surface area contributed by atoms with Gasteiger partial charge in [0.1, 0.15) is 5.44 Å². The maximum Gasteiger partial charge on any atom is 0.231 e. The van der Waals surface area contributed by atoms with Crippen LogP contribution in [0.4, 0.5) is 0 Å². The second-order valence-electron chi connectivity index (χ2n) is 15.9. The van der Waals surface area contributed by atoms with Crippen LogP contribution in [0.15, 0.2) is 0 Å². The fourth-order valence-electron chi connectivity index (χ4n) is 7.57. The minimum Gasteiger partial charge on any atom is -0.385 e. The van der Waals surface area contributed by atoms with Gasteiger partial charge < -0.3 is 14.9 Å². The molecule has 1 aliphatic heterocycles. The van der Waals surface area contributed by atoms with Crippen molar-refractivity contribution >= 4 is 16.1 Å². The number of hydrogen-bond donors (Lipinski definition) is 2. The minimum atomic E-state index is -1.98. The van der Waals surface area contributed by atoms with E-state index in [0.717, 1.165) is 19.3 Å². The Labute approximate surface area is 314 Å². The molecule has 0 aliphatic carbocycles. The quantitative estimate of drug-likeness (QED) is 0.0617. The highest BCUT2D eigenvalue weighted by Gasteiger charge is 2.50.